The van der Waals surface area contributed by atoms with Gasteiger partial charge in [0.15, 0.2) is 23.1 Å². The highest BCUT2D eigenvalue weighted by atomic mass is 19.2. The molecule has 0 aliphatic carbocycles. The van der Waals surface area contributed by atoms with Crippen molar-refractivity contribution < 1.29 is 23.0 Å². The number of rotatable bonds is 11. The summed E-state index contributed by atoms with van der Waals surface area (Å²) >= 11 is 0. The van der Waals surface area contributed by atoms with Crippen molar-refractivity contribution >= 4 is 5.91 Å². The van der Waals surface area contributed by atoms with Crippen molar-refractivity contribution in [3.63, 3.8) is 0 Å². The first-order valence-corrected chi connectivity index (χ1v) is 14.2. The quantitative estimate of drug-likeness (QED) is 0.196. The van der Waals surface area contributed by atoms with Gasteiger partial charge in [-0.2, -0.15) is 0 Å². The maximum Gasteiger partial charge on any atom is 0.278 e. The molecule has 0 bridgehead atoms. The molecule has 1 unspecified atom stereocenters. The minimum Gasteiger partial charge on any atom is -0.489 e. The monoisotopic (exact) mass is 600 g/mol. The molecule has 1 amide bonds. The van der Waals surface area contributed by atoms with Crippen molar-refractivity contribution in [2.24, 2.45) is 0 Å². The highest BCUT2D eigenvalue weighted by Crippen LogP contribution is 2.37. The van der Waals surface area contributed by atoms with Crippen LogP contribution in [0.1, 0.15) is 47.2 Å². The first-order valence-electron chi connectivity index (χ1n) is 14.2. The van der Waals surface area contributed by atoms with Gasteiger partial charge in [-0.3, -0.25) is 24.3 Å². The molecule has 0 fully saturated rings. The van der Waals surface area contributed by atoms with E-state index < -0.39 is 29.0 Å². The van der Waals surface area contributed by atoms with Gasteiger partial charge in [0.2, 0.25) is 5.43 Å². The van der Waals surface area contributed by atoms with Gasteiger partial charge in [-0.15, -0.1) is 6.58 Å². The van der Waals surface area contributed by atoms with E-state index in [-0.39, 0.29) is 49.2 Å². The Balaban J connectivity index is 0.00000216. The number of fused-ring (bicyclic) bond motifs is 1. The molecule has 1 atom stereocenters. The fourth-order valence-corrected chi connectivity index (χ4v) is 4.79. The van der Waals surface area contributed by atoms with Crippen LogP contribution in [-0.2, 0) is 6.61 Å². The summed E-state index contributed by atoms with van der Waals surface area (Å²) in [5, 5.41) is 1.71. The Morgan fingerprint density at radius 2 is 1.68 bits per heavy atom. The number of carbonyl (C=O) groups excluding carboxylic acids is 1. The largest absolute Gasteiger partial charge is 0.489 e. The number of carbonyl (C=O) groups is 1. The number of aromatic nitrogens is 2. The minimum absolute atomic E-state index is 0.0139. The highest BCUT2D eigenvalue weighted by molar-refractivity contribution is 5.96. The molecule has 0 N–H and O–H groups in total. The van der Waals surface area contributed by atoms with E-state index in [1.165, 1.54) is 27.9 Å². The van der Waals surface area contributed by atoms with E-state index in [0.717, 1.165) is 17.7 Å². The van der Waals surface area contributed by atoms with Crippen LogP contribution in [0.3, 0.4) is 0 Å². The van der Waals surface area contributed by atoms with Gasteiger partial charge in [0.1, 0.15) is 31.7 Å². The van der Waals surface area contributed by atoms with Crippen LogP contribution >= 0.6 is 0 Å². The average molecular weight is 601 g/mol. The fraction of sp³-hybridized carbons (Fsp3) is 0.206. The maximum absolute atomic E-state index is 14.8. The number of hydrogen-bond acceptors (Lipinski definition) is 6. The molecule has 0 spiro atoms. The summed E-state index contributed by atoms with van der Waals surface area (Å²) in [6.45, 7) is 11.6. The lowest BCUT2D eigenvalue weighted by Crippen LogP contribution is -2.55. The smallest absolute Gasteiger partial charge is 0.278 e. The van der Waals surface area contributed by atoms with E-state index in [0.29, 0.717) is 5.69 Å². The molecule has 0 saturated carbocycles. The third-order valence-corrected chi connectivity index (χ3v) is 6.66. The summed E-state index contributed by atoms with van der Waals surface area (Å²) in [6, 6.07) is 16.9. The zero-order valence-corrected chi connectivity index (χ0v) is 24.7. The van der Waals surface area contributed by atoms with Gasteiger partial charge in [0.05, 0.1) is 5.69 Å². The maximum atomic E-state index is 14.8. The van der Waals surface area contributed by atoms with Crippen LogP contribution in [0.5, 0.6) is 11.5 Å². The van der Waals surface area contributed by atoms with Crippen molar-refractivity contribution in [3.8, 4) is 11.5 Å². The number of benzene rings is 2. The van der Waals surface area contributed by atoms with Crippen LogP contribution in [0.2, 0.25) is 0 Å². The van der Waals surface area contributed by atoms with Crippen molar-refractivity contribution in [1.29, 1.82) is 0 Å². The normalized spacial score (nSPS) is 12.9. The van der Waals surface area contributed by atoms with E-state index in [1.54, 1.807) is 35.5 Å². The Bertz CT molecular complexity index is 1660. The molecule has 1 aliphatic rings. The topological polar surface area (TPSA) is 76.9 Å². The molecule has 8 nitrogen and oxygen atoms in total. The average Bonchev–Trinajstić information content (AvgIpc) is 3.05. The lowest BCUT2D eigenvalue weighted by Gasteiger charge is -2.43. The second-order valence-electron chi connectivity index (χ2n) is 9.43. The van der Waals surface area contributed by atoms with E-state index >= 15 is 0 Å². The lowest BCUT2D eigenvalue weighted by atomic mass is 10.00. The van der Waals surface area contributed by atoms with Gasteiger partial charge in [0, 0.05) is 36.6 Å². The summed E-state index contributed by atoms with van der Waals surface area (Å²) in [4.78, 5) is 32.9. The molecule has 228 valence electrons. The van der Waals surface area contributed by atoms with E-state index in [2.05, 4.69) is 18.1 Å². The predicted molar refractivity (Wildman–Crippen MR) is 165 cm³/mol. The Morgan fingerprint density at radius 3 is 2.36 bits per heavy atom. The van der Waals surface area contributed by atoms with Crippen molar-refractivity contribution in [1.82, 2.24) is 14.6 Å². The molecule has 2 aromatic carbocycles. The zero-order chi connectivity index (χ0) is 31.6. The first-order chi connectivity index (χ1) is 21.4. The fourth-order valence-electron chi connectivity index (χ4n) is 4.79. The molecular formula is C34H34F2N4O4. The number of pyridine rings is 2. The van der Waals surface area contributed by atoms with Crippen molar-refractivity contribution in [3.05, 3.63) is 149 Å². The van der Waals surface area contributed by atoms with Gasteiger partial charge in [-0.1, -0.05) is 69.0 Å². The van der Waals surface area contributed by atoms with Crippen LogP contribution in [0, 0.1) is 11.6 Å². The third kappa shape index (κ3) is 6.70. The summed E-state index contributed by atoms with van der Waals surface area (Å²) in [7, 11) is 0. The van der Waals surface area contributed by atoms with Gasteiger partial charge < -0.3 is 14.4 Å². The molecule has 0 radical (unpaired) electrons. The third-order valence-electron chi connectivity index (χ3n) is 6.66. The zero-order valence-electron chi connectivity index (χ0n) is 24.7. The van der Waals surface area contributed by atoms with Crippen molar-refractivity contribution in [2.45, 2.75) is 26.5 Å². The predicted octanol–water partition coefficient (Wildman–Crippen LogP) is 6.02. The molecule has 5 rings (SSSR count). The van der Waals surface area contributed by atoms with Crippen LogP contribution < -0.4 is 19.9 Å². The molecule has 1 aliphatic heterocycles. The summed E-state index contributed by atoms with van der Waals surface area (Å²) in [6.07, 6.45) is 6.08. The van der Waals surface area contributed by atoms with Crippen LogP contribution in [0.15, 0.2) is 109 Å². The Hall–Kier alpha value is -5.25. The molecular weight excluding hydrogens is 566 g/mol. The van der Waals surface area contributed by atoms with E-state index in [1.807, 2.05) is 44.2 Å². The molecule has 3 heterocycles. The van der Waals surface area contributed by atoms with Crippen molar-refractivity contribution in [2.75, 3.05) is 24.8 Å². The second-order valence-corrected chi connectivity index (χ2v) is 9.43. The molecule has 2 aromatic heterocycles. The Kier molecular flexibility index (Phi) is 10.6. The lowest BCUT2D eigenvalue weighted by molar-refractivity contribution is 0.0697. The number of amides is 1. The first kappa shape index (κ1) is 31.7. The van der Waals surface area contributed by atoms with Gasteiger partial charge in [-0.05, 0) is 23.8 Å². The molecule has 44 heavy (non-hydrogen) atoms. The molecule has 4 aromatic rings. The number of hydrogen-bond donors (Lipinski definition) is 0. The summed E-state index contributed by atoms with van der Waals surface area (Å²) in [5.41, 5.74) is 1.00. The number of ether oxygens (including phenoxy) is 2. The van der Waals surface area contributed by atoms with Crippen LogP contribution in [0.25, 0.3) is 0 Å². The number of halogens is 2. The van der Waals surface area contributed by atoms with E-state index in [9.17, 15) is 18.4 Å². The van der Waals surface area contributed by atoms with E-state index in [4.69, 9.17) is 9.47 Å². The summed E-state index contributed by atoms with van der Waals surface area (Å²) in [5.74, 6) is -2.70. The standard InChI is InChI=1S/C32H28F2N4O4.C2H6/c1-3-15-36-21-38(37-16-13-27(39)31(30(37)32(36)40)42-20-22-10-6-5-7-11-22)29(26-12-8-9-14-35-26)23-18-24(33)25(34)19-28(23)41-17-4-2;1-2/h3-14,16,18-19,29H,1-2,15,17,20-21H2;1-2H3. The molecule has 10 heteroatoms. The second kappa shape index (κ2) is 14.8. The van der Waals surface area contributed by atoms with Gasteiger partial charge >= 0.3 is 0 Å². The molecule has 0 saturated heterocycles. The van der Waals surface area contributed by atoms with Crippen LogP contribution in [-0.4, -0.2) is 40.3 Å². The van der Waals surface area contributed by atoms with Crippen LogP contribution in [0.4, 0.5) is 8.78 Å². The van der Waals surface area contributed by atoms with Gasteiger partial charge in [0.25, 0.3) is 5.91 Å². The SMILES string of the molecule is C=CCOc1cc(F)c(F)cc1C(c1ccccn1)N1CN(CC=C)C(=O)c2c(OCc3ccccc3)c(=O)ccn21.CC. The Morgan fingerprint density at radius 1 is 0.955 bits per heavy atom. The van der Waals surface area contributed by atoms with Gasteiger partial charge in [-0.25, -0.2) is 8.78 Å². The summed E-state index contributed by atoms with van der Waals surface area (Å²) < 4.78 is 42.5. The highest BCUT2D eigenvalue weighted by Gasteiger charge is 2.38. The Labute approximate surface area is 255 Å². The number of nitrogens with zero attached hydrogens (tertiary/aromatic N) is 4. The minimum atomic E-state index is -1.08.